The van der Waals surface area contributed by atoms with Crippen LogP contribution in [0.2, 0.25) is 0 Å². The zero-order chi connectivity index (χ0) is 35.3. The highest BCUT2D eigenvalue weighted by molar-refractivity contribution is 6.38. The molecule has 0 spiro atoms. The third kappa shape index (κ3) is 8.57. The highest BCUT2D eigenvalue weighted by Gasteiger charge is 2.52. The molecule has 1 aromatic heterocycles. The van der Waals surface area contributed by atoms with Crippen molar-refractivity contribution in [2.45, 2.75) is 124 Å². The summed E-state index contributed by atoms with van der Waals surface area (Å²) >= 11 is 0. The topological polar surface area (TPSA) is 180 Å². The minimum atomic E-state index is -1.02. The minimum absolute atomic E-state index is 0.00159. The van der Waals surface area contributed by atoms with Crippen LogP contribution < -0.4 is 21.3 Å². The van der Waals surface area contributed by atoms with Crippen LogP contribution in [0.5, 0.6) is 0 Å². The number of likely N-dealkylation sites (tertiary alicyclic amines) is 1. The normalized spacial score (nSPS) is 23.6. The van der Waals surface area contributed by atoms with Gasteiger partial charge in [-0.25, -0.2) is 4.98 Å². The molecule has 13 nitrogen and oxygen atoms in total. The van der Waals surface area contributed by atoms with Crippen molar-refractivity contribution < 1.29 is 28.8 Å². The molecule has 1 saturated heterocycles. The lowest BCUT2D eigenvalue weighted by Crippen LogP contribution is -2.62. The number of rotatable bonds is 14. The Kier molecular flexibility index (Phi) is 12.0. The van der Waals surface area contributed by atoms with Gasteiger partial charge in [0.25, 0.3) is 11.8 Å². The molecule has 2 unspecified atom stereocenters. The van der Waals surface area contributed by atoms with E-state index in [1.807, 2.05) is 48.5 Å². The Morgan fingerprint density at radius 1 is 0.896 bits per heavy atom. The van der Waals surface area contributed by atoms with Crippen molar-refractivity contribution in [3.63, 3.8) is 0 Å². The summed E-state index contributed by atoms with van der Waals surface area (Å²) in [5.74, 6) is -3.85. The number of nitrogens with one attached hydrogen (secondary N) is 4. The number of nitrogens with zero attached hydrogens (tertiary/aromatic N) is 3. The standard InChI is InChI=1S/C35H53N7O6/c1-8-19(3)25(28(43)33(47)38-22-13-14-22)39-32(46)27-23-12-10-11-21(23)18-42(27)34(48)29(35(5,6)7)41-31(45)26(20(4)9-2)40-30(44)24-17-36-15-16-37-24/h15-17,19-23,25-27,29H,8-14,18H2,1-7H3,(H,38,47)(H,39,46)(H,40,44)(H,41,45)/t19?,20?,21-,23-,25-,26-,27-,29+/m0/s1. The van der Waals surface area contributed by atoms with Gasteiger partial charge >= 0.3 is 0 Å². The largest absolute Gasteiger partial charge is 0.347 e. The predicted molar refractivity (Wildman–Crippen MR) is 178 cm³/mol. The van der Waals surface area contributed by atoms with Crippen LogP contribution in [0.1, 0.15) is 104 Å². The molecular weight excluding hydrogens is 614 g/mol. The zero-order valence-electron chi connectivity index (χ0n) is 29.4. The van der Waals surface area contributed by atoms with Crippen molar-refractivity contribution in [3.8, 4) is 0 Å². The number of carbonyl (C=O) groups excluding carboxylic acids is 6. The first-order valence-electron chi connectivity index (χ1n) is 17.5. The number of ketones is 1. The molecule has 2 saturated carbocycles. The molecule has 3 aliphatic rings. The van der Waals surface area contributed by atoms with Gasteiger partial charge in [-0.1, -0.05) is 67.7 Å². The maximum Gasteiger partial charge on any atom is 0.289 e. The number of aromatic nitrogens is 2. The van der Waals surface area contributed by atoms with E-state index in [0.717, 1.165) is 32.1 Å². The number of Topliss-reactive ketones (excluding diaryl/α,β-unsaturated/α-hetero) is 1. The van der Waals surface area contributed by atoms with Crippen LogP contribution in [0.15, 0.2) is 18.6 Å². The third-order valence-electron chi connectivity index (χ3n) is 10.3. The van der Waals surface area contributed by atoms with Crippen LogP contribution in [0.3, 0.4) is 0 Å². The van der Waals surface area contributed by atoms with Gasteiger partial charge in [0.05, 0.1) is 12.2 Å². The molecule has 2 aliphatic carbocycles. The second kappa shape index (κ2) is 15.5. The fourth-order valence-electron chi connectivity index (χ4n) is 6.81. The van der Waals surface area contributed by atoms with E-state index in [0.29, 0.717) is 19.4 Å². The Labute approximate surface area is 283 Å². The second-order valence-electron chi connectivity index (χ2n) is 15.0. The fraction of sp³-hybridized carbons (Fsp3) is 0.714. The first-order valence-corrected chi connectivity index (χ1v) is 17.5. The first-order chi connectivity index (χ1) is 22.7. The van der Waals surface area contributed by atoms with Crippen molar-refractivity contribution >= 4 is 35.3 Å². The molecule has 4 rings (SSSR count). The Balaban J connectivity index is 1.57. The van der Waals surface area contributed by atoms with Gasteiger partial charge in [0, 0.05) is 25.0 Å². The third-order valence-corrected chi connectivity index (χ3v) is 10.3. The molecule has 2 heterocycles. The van der Waals surface area contributed by atoms with Gasteiger partial charge in [-0.15, -0.1) is 0 Å². The average Bonchev–Trinajstić information content (AvgIpc) is 3.63. The van der Waals surface area contributed by atoms with Crippen LogP contribution in [-0.4, -0.2) is 86.9 Å². The summed E-state index contributed by atoms with van der Waals surface area (Å²) in [6.07, 6.45) is 9.53. The lowest BCUT2D eigenvalue weighted by molar-refractivity contribution is -0.146. The van der Waals surface area contributed by atoms with Crippen molar-refractivity contribution in [1.82, 2.24) is 36.1 Å². The van der Waals surface area contributed by atoms with Gasteiger partial charge in [0.2, 0.25) is 23.5 Å². The molecule has 0 radical (unpaired) electrons. The number of hydrogen-bond acceptors (Lipinski definition) is 8. The molecule has 1 aromatic rings. The van der Waals surface area contributed by atoms with E-state index >= 15 is 0 Å². The van der Waals surface area contributed by atoms with Crippen LogP contribution in [0.4, 0.5) is 0 Å². The maximum absolute atomic E-state index is 14.5. The summed E-state index contributed by atoms with van der Waals surface area (Å²) in [4.78, 5) is 91.1. The molecule has 13 heteroatoms. The number of fused-ring (bicyclic) bond motifs is 1. The van der Waals surface area contributed by atoms with Crippen molar-refractivity contribution in [2.75, 3.05) is 6.54 Å². The Morgan fingerprint density at radius 2 is 1.56 bits per heavy atom. The quantitative estimate of drug-likeness (QED) is 0.218. The molecule has 264 valence electrons. The summed E-state index contributed by atoms with van der Waals surface area (Å²) in [5, 5.41) is 11.3. The molecule has 0 bridgehead atoms. The molecule has 8 atom stereocenters. The minimum Gasteiger partial charge on any atom is -0.347 e. The van der Waals surface area contributed by atoms with Gasteiger partial charge in [-0.2, -0.15) is 0 Å². The SMILES string of the molecule is CCC(C)[C@H](NC(=O)c1cnccn1)C(=O)N[C@H](C(=O)N1C[C@@H]2CCC[C@@H]2[C@H]1C(=O)N[C@H](C(=O)C(=O)NC1CC1)C(C)CC)C(C)(C)C. The monoisotopic (exact) mass is 667 g/mol. The Bertz CT molecular complexity index is 1360. The zero-order valence-corrected chi connectivity index (χ0v) is 29.4. The summed E-state index contributed by atoms with van der Waals surface area (Å²) in [5.41, 5.74) is -0.685. The highest BCUT2D eigenvalue weighted by Crippen LogP contribution is 2.43. The van der Waals surface area contributed by atoms with E-state index in [1.165, 1.54) is 18.6 Å². The first kappa shape index (κ1) is 36.9. The van der Waals surface area contributed by atoms with Crippen molar-refractivity contribution in [1.29, 1.82) is 0 Å². The molecule has 1 aliphatic heterocycles. The van der Waals surface area contributed by atoms with E-state index in [2.05, 4.69) is 31.2 Å². The summed E-state index contributed by atoms with van der Waals surface area (Å²) < 4.78 is 0. The molecule has 3 fully saturated rings. The van der Waals surface area contributed by atoms with Gasteiger partial charge in [0.1, 0.15) is 23.8 Å². The summed E-state index contributed by atoms with van der Waals surface area (Å²) in [6, 6.07) is -3.84. The molecular formula is C35H53N7O6. The summed E-state index contributed by atoms with van der Waals surface area (Å²) in [6.45, 7) is 13.4. The molecule has 0 aromatic carbocycles. The van der Waals surface area contributed by atoms with Crippen molar-refractivity contribution in [3.05, 3.63) is 24.3 Å². The smallest absolute Gasteiger partial charge is 0.289 e. The Morgan fingerprint density at radius 3 is 2.15 bits per heavy atom. The Hall–Kier alpha value is -3.90. The van der Waals surface area contributed by atoms with Gasteiger partial charge in [0.15, 0.2) is 0 Å². The fourth-order valence-corrected chi connectivity index (χ4v) is 6.81. The number of amides is 5. The summed E-state index contributed by atoms with van der Waals surface area (Å²) in [7, 11) is 0. The van der Waals surface area contributed by atoms with Crippen LogP contribution in [-0.2, 0) is 24.0 Å². The van der Waals surface area contributed by atoms with E-state index in [9.17, 15) is 28.8 Å². The lowest BCUT2D eigenvalue weighted by atomic mass is 9.84. The van der Waals surface area contributed by atoms with E-state index in [1.54, 1.807) is 4.90 Å². The van der Waals surface area contributed by atoms with E-state index in [4.69, 9.17) is 0 Å². The number of hydrogen-bond donors (Lipinski definition) is 4. The van der Waals surface area contributed by atoms with Crippen LogP contribution in [0.25, 0.3) is 0 Å². The van der Waals surface area contributed by atoms with Crippen LogP contribution >= 0.6 is 0 Å². The van der Waals surface area contributed by atoms with Gasteiger partial charge in [-0.05, 0) is 54.8 Å². The predicted octanol–water partition coefficient (Wildman–Crippen LogP) is 2.16. The molecule has 5 amide bonds. The van der Waals surface area contributed by atoms with Crippen molar-refractivity contribution in [2.24, 2.45) is 29.1 Å². The van der Waals surface area contributed by atoms with Gasteiger partial charge in [-0.3, -0.25) is 33.8 Å². The highest BCUT2D eigenvalue weighted by atomic mass is 16.2. The van der Waals surface area contributed by atoms with E-state index in [-0.39, 0.29) is 35.4 Å². The molecule has 48 heavy (non-hydrogen) atoms. The second-order valence-corrected chi connectivity index (χ2v) is 15.0. The number of carbonyl (C=O) groups is 6. The maximum atomic E-state index is 14.5. The van der Waals surface area contributed by atoms with E-state index < -0.39 is 64.9 Å². The van der Waals surface area contributed by atoms with Gasteiger partial charge < -0.3 is 26.2 Å². The van der Waals surface area contributed by atoms with Crippen LogP contribution in [0, 0.1) is 29.1 Å². The average molecular weight is 668 g/mol. The molecule has 4 N–H and O–H groups in total. The lowest BCUT2D eigenvalue weighted by Gasteiger charge is -2.37.